The quantitative estimate of drug-likeness (QED) is 0.794. The van der Waals surface area contributed by atoms with Gasteiger partial charge in [-0.25, -0.2) is 9.97 Å². The maximum absolute atomic E-state index is 6.47. The number of nitrogen functional groups attached to an aromatic ring is 1. The summed E-state index contributed by atoms with van der Waals surface area (Å²) in [7, 11) is 2.01. The SMILES string of the molecule is CN(Cc1ccccc1)c1ncnc(N2CCc3ccccc32)c1N. The second kappa shape index (κ2) is 6.43. The first-order valence-corrected chi connectivity index (χ1v) is 8.45. The fraction of sp³-hybridized carbons (Fsp3) is 0.200. The van der Waals surface area contributed by atoms with Crippen molar-refractivity contribution >= 4 is 23.0 Å². The molecule has 0 saturated heterocycles. The molecule has 0 unspecified atom stereocenters. The first-order valence-electron chi connectivity index (χ1n) is 8.45. The summed E-state index contributed by atoms with van der Waals surface area (Å²) in [6.07, 6.45) is 2.61. The summed E-state index contributed by atoms with van der Waals surface area (Å²) in [5, 5.41) is 0. The van der Waals surface area contributed by atoms with E-state index in [1.807, 2.05) is 25.2 Å². The summed E-state index contributed by atoms with van der Waals surface area (Å²) >= 11 is 0. The van der Waals surface area contributed by atoms with Crippen LogP contribution in [-0.4, -0.2) is 23.6 Å². The molecule has 0 atom stereocenters. The molecule has 2 N–H and O–H groups in total. The Hall–Kier alpha value is -3.08. The Morgan fingerprint density at radius 2 is 1.80 bits per heavy atom. The predicted octanol–water partition coefficient (Wildman–Crippen LogP) is 3.39. The molecule has 2 aromatic carbocycles. The van der Waals surface area contributed by atoms with E-state index in [0.29, 0.717) is 5.69 Å². The monoisotopic (exact) mass is 331 g/mol. The smallest absolute Gasteiger partial charge is 0.161 e. The van der Waals surface area contributed by atoms with Crippen molar-refractivity contribution in [2.75, 3.05) is 29.1 Å². The Bertz CT molecular complexity index is 878. The zero-order valence-electron chi connectivity index (χ0n) is 14.3. The van der Waals surface area contributed by atoms with Crippen molar-refractivity contribution in [3.8, 4) is 0 Å². The molecule has 4 rings (SSSR count). The van der Waals surface area contributed by atoms with Crippen LogP contribution in [0.5, 0.6) is 0 Å². The van der Waals surface area contributed by atoms with Crippen LogP contribution in [0.2, 0.25) is 0 Å². The van der Waals surface area contributed by atoms with Crippen molar-refractivity contribution in [3.63, 3.8) is 0 Å². The second-order valence-corrected chi connectivity index (χ2v) is 6.31. The van der Waals surface area contributed by atoms with Crippen molar-refractivity contribution in [1.82, 2.24) is 9.97 Å². The minimum Gasteiger partial charge on any atom is -0.393 e. The summed E-state index contributed by atoms with van der Waals surface area (Å²) in [5.74, 6) is 1.55. The van der Waals surface area contributed by atoms with Crippen LogP contribution in [0.3, 0.4) is 0 Å². The first-order chi connectivity index (χ1) is 12.2. The fourth-order valence-electron chi connectivity index (χ4n) is 3.39. The van der Waals surface area contributed by atoms with Crippen LogP contribution in [0, 0.1) is 0 Å². The van der Waals surface area contributed by atoms with Crippen molar-refractivity contribution < 1.29 is 0 Å². The van der Waals surface area contributed by atoms with E-state index in [-0.39, 0.29) is 0 Å². The molecule has 0 saturated carbocycles. The number of hydrogen-bond acceptors (Lipinski definition) is 5. The van der Waals surface area contributed by atoms with Crippen molar-refractivity contribution in [2.45, 2.75) is 13.0 Å². The number of anilines is 4. The van der Waals surface area contributed by atoms with Crippen LogP contribution in [0.15, 0.2) is 60.9 Å². The molecule has 2 heterocycles. The lowest BCUT2D eigenvalue weighted by Crippen LogP contribution is -2.22. The maximum atomic E-state index is 6.47. The van der Waals surface area contributed by atoms with Gasteiger partial charge in [0.25, 0.3) is 0 Å². The molecule has 0 spiro atoms. The summed E-state index contributed by atoms with van der Waals surface area (Å²) in [6.45, 7) is 1.64. The van der Waals surface area contributed by atoms with Gasteiger partial charge >= 0.3 is 0 Å². The molecule has 5 nitrogen and oxygen atoms in total. The zero-order valence-corrected chi connectivity index (χ0v) is 14.3. The van der Waals surface area contributed by atoms with E-state index in [4.69, 9.17) is 5.73 Å². The van der Waals surface area contributed by atoms with Gasteiger partial charge in [-0.2, -0.15) is 0 Å². The average molecular weight is 331 g/mol. The maximum Gasteiger partial charge on any atom is 0.161 e. The molecule has 1 aliphatic rings. The van der Waals surface area contributed by atoms with Crippen molar-refractivity contribution in [2.24, 2.45) is 0 Å². The van der Waals surface area contributed by atoms with E-state index in [0.717, 1.165) is 31.1 Å². The molecule has 25 heavy (non-hydrogen) atoms. The number of rotatable bonds is 4. The highest BCUT2D eigenvalue weighted by molar-refractivity contribution is 5.81. The van der Waals surface area contributed by atoms with Gasteiger partial charge < -0.3 is 15.5 Å². The number of aromatic nitrogens is 2. The standard InChI is InChI=1S/C20H21N5/c1-24(13-15-7-3-2-4-8-15)19-18(21)20(23-14-22-19)25-12-11-16-9-5-6-10-17(16)25/h2-10,14H,11-13,21H2,1H3. The minimum atomic E-state index is 0.623. The molecule has 126 valence electrons. The Morgan fingerprint density at radius 3 is 2.64 bits per heavy atom. The van der Waals surface area contributed by atoms with Crippen LogP contribution in [-0.2, 0) is 13.0 Å². The van der Waals surface area contributed by atoms with E-state index in [2.05, 4.69) is 56.2 Å². The summed E-state index contributed by atoms with van der Waals surface area (Å²) in [5.41, 5.74) is 10.8. The van der Waals surface area contributed by atoms with Crippen LogP contribution in [0.25, 0.3) is 0 Å². The Balaban J connectivity index is 1.65. The van der Waals surface area contributed by atoms with Crippen LogP contribution in [0.1, 0.15) is 11.1 Å². The molecular formula is C20H21N5. The van der Waals surface area contributed by atoms with Gasteiger partial charge in [-0.1, -0.05) is 48.5 Å². The number of para-hydroxylation sites is 1. The Labute approximate surface area is 147 Å². The van der Waals surface area contributed by atoms with Crippen LogP contribution in [0.4, 0.5) is 23.0 Å². The van der Waals surface area contributed by atoms with Crippen LogP contribution < -0.4 is 15.5 Å². The highest BCUT2D eigenvalue weighted by Gasteiger charge is 2.24. The first kappa shape index (κ1) is 15.4. The highest BCUT2D eigenvalue weighted by atomic mass is 15.3. The van der Waals surface area contributed by atoms with E-state index in [1.54, 1.807) is 6.33 Å². The van der Waals surface area contributed by atoms with Gasteiger partial charge in [-0.05, 0) is 23.6 Å². The lowest BCUT2D eigenvalue weighted by atomic mass is 10.2. The highest BCUT2D eigenvalue weighted by Crippen LogP contribution is 2.38. The summed E-state index contributed by atoms with van der Waals surface area (Å²) in [4.78, 5) is 13.2. The van der Waals surface area contributed by atoms with Gasteiger partial charge in [0.2, 0.25) is 0 Å². The van der Waals surface area contributed by atoms with E-state index in [1.165, 1.54) is 16.8 Å². The third-order valence-corrected chi connectivity index (χ3v) is 4.61. The number of fused-ring (bicyclic) bond motifs is 1. The normalized spacial score (nSPS) is 12.9. The number of nitrogens with zero attached hydrogens (tertiary/aromatic N) is 4. The van der Waals surface area contributed by atoms with Gasteiger partial charge in [0, 0.05) is 25.8 Å². The lowest BCUT2D eigenvalue weighted by Gasteiger charge is -2.24. The Morgan fingerprint density at radius 1 is 1.04 bits per heavy atom. The lowest BCUT2D eigenvalue weighted by molar-refractivity contribution is 0.887. The molecule has 1 aromatic heterocycles. The molecule has 1 aliphatic heterocycles. The average Bonchev–Trinajstić information content (AvgIpc) is 3.07. The van der Waals surface area contributed by atoms with Gasteiger partial charge in [-0.15, -0.1) is 0 Å². The molecule has 0 bridgehead atoms. The third kappa shape index (κ3) is 2.89. The summed E-state index contributed by atoms with van der Waals surface area (Å²) < 4.78 is 0. The molecular weight excluding hydrogens is 310 g/mol. The molecule has 5 heteroatoms. The number of benzene rings is 2. The van der Waals surface area contributed by atoms with Gasteiger partial charge in [-0.3, -0.25) is 0 Å². The number of hydrogen-bond donors (Lipinski definition) is 1. The van der Waals surface area contributed by atoms with Crippen LogP contribution >= 0.6 is 0 Å². The van der Waals surface area contributed by atoms with E-state index in [9.17, 15) is 0 Å². The topological polar surface area (TPSA) is 58.3 Å². The van der Waals surface area contributed by atoms with Gasteiger partial charge in [0.05, 0.1) is 0 Å². The molecule has 0 aliphatic carbocycles. The number of nitrogens with two attached hydrogens (primary N) is 1. The van der Waals surface area contributed by atoms with Gasteiger partial charge in [0.15, 0.2) is 11.6 Å². The Kier molecular flexibility index (Phi) is 3.98. The van der Waals surface area contributed by atoms with Gasteiger partial charge in [0.1, 0.15) is 12.0 Å². The van der Waals surface area contributed by atoms with E-state index >= 15 is 0 Å². The molecule has 3 aromatic rings. The third-order valence-electron chi connectivity index (χ3n) is 4.61. The largest absolute Gasteiger partial charge is 0.393 e. The van der Waals surface area contributed by atoms with E-state index < -0.39 is 0 Å². The predicted molar refractivity (Wildman–Crippen MR) is 102 cm³/mol. The fourth-order valence-corrected chi connectivity index (χ4v) is 3.39. The minimum absolute atomic E-state index is 0.623. The molecule has 0 fully saturated rings. The van der Waals surface area contributed by atoms with Crippen molar-refractivity contribution in [1.29, 1.82) is 0 Å². The molecule has 0 amide bonds. The molecule has 0 radical (unpaired) electrons. The zero-order chi connectivity index (χ0) is 17.2. The second-order valence-electron chi connectivity index (χ2n) is 6.31. The van der Waals surface area contributed by atoms with Crippen molar-refractivity contribution in [3.05, 3.63) is 72.1 Å². The summed E-state index contributed by atoms with van der Waals surface area (Å²) in [6, 6.07) is 18.7.